The molecule has 1 N–H and O–H groups in total. The summed E-state index contributed by atoms with van der Waals surface area (Å²) in [7, 11) is 0. The van der Waals surface area contributed by atoms with E-state index in [4.69, 9.17) is 0 Å². The average Bonchev–Trinajstić information content (AvgIpc) is 2.40. The van der Waals surface area contributed by atoms with Crippen molar-refractivity contribution in [1.82, 2.24) is 5.32 Å². The molecule has 0 aromatic heterocycles. The molecule has 2 atom stereocenters. The fourth-order valence-corrected chi connectivity index (χ4v) is 2.61. The molecular formula is C17H35NO. The van der Waals surface area contributed by atoms with Crippen molar-refractivity contribution in [2.45, 2.75) is 97.9 Å². The van der Waals surface area contributed by atoms with Crippen molar-refractivity contribution < 1.29 is 4.79 Å². The molecule has 0 aliphatic heterocycles. The van der Waals surface area contributed by atoms with Crippen LogP contribution in [0.1, 0.15) is 91.9 Å². The molecule has 0 aliphatic carbocycles. The van der Waals surface area contributed by atoms with Gasteiger partial charge in [-0.25, -0.2) is 0 Å². The minimum Gasteiger partial charge on any atom is -0.353 e. The quantitative estimate of drug-likeness (QED) is 0.526. The molecule has 0 saturated carbocycles. The van der Waals surface area contributed by atoms with E-state index in [1.807, 2.05) is 0 Å². The van der Waals surface area contributed by atoms with Gasteiger partial charge in [0.1, 0.15) is 0 Å². The average molecular weight is 269 g/mol. The Morgan fingerprint density at radius 1 is 0.789 bits per heavy atom. The van der Waals surface area contributed by atoms with Gasteiger partial charge in [-0.15, -0.1) is 0 Å². The number of carbonyl (C=O) groups excluding carboxylic acids is 1. The van der Waals surface area contributed by atoms with Gasteiger partial charge >= 0.3 is 0 Å². The molecule has 0 aromatic rings. The SMILES string of the molecule is CCCCC(CCC)NC(=O)C(CCC)CCCC. The molecule has 0 radical (unpaired) electrons. The highest BCUT2D eigenvalue weighted by atomic mass is 16.1. The van der Waals surface area contributed by atoms with Gasteiger partial charge in [0, 0.05) is 12.0 Å². The summed E-state index contributed by atoms with van der Waals surface area (Å²) in [5.41, 5.74) is 0. The molecule has 0 aromatic carbocycles. The molecular weight excluding hydrogens is 234 g/mol. The summed E-state index contributed by atoms with van der Waals surface area (Å²) in [6.07, 6.45) is 11.4. The first kappa shape index (κ1) is 18.5. The zero-order valence-corrected chi connectivity index (χ0v) is 13.6. The van der Waals surface area contributed by atoms with Crippen LogP contribution in [0, 0.1) is 5.92 Å². The third-order valence-electron chi connectivity index (χ3n) is 3.80. The summed E-state index contributed by atoms with van der Waals surface area (Å²) in [5, 5.41) is 3.31. The minimum atomic E-state index is 0.242. The van der Waals surface area contributed by atoms with Crippen LogP contribution in [0.3, 0.4) is 0 Å². The topological polar surface area (TPSA) is 29.1 Å². The van der Waals surface area contributed by atoms with Crippen molar-refractivity contribution in [3.8, 4) is 0 Å². The Morgan fingerprint density at radius 3 is 1.89 bits per heavy atom. The summed E-state index contributed by atoms with van der Waals surface area (Å²) in [6.45, 7) is 8.78. The molecule has 0 rings (SSSR count). The lowest BCUT2D eigenvalue weighted by molar-refractivity contribution is -0.126. The van der Waals surface area contributed by atoms with Gasteiger partial charge in [0.25, 0.3) is 0 Å². The van der Waals surface area contributed by atoms with Crippen LogP contribution in [0.2, 0.25) is 0 Å². The van der Waals surface area contributed by atoms with E-state index in [2.05, 4.69) is 33.0 Å². The lowest BCUT2D eigenvalue weighted by Crippen LogP contribution is -2.39. The predicted molar refractivity (Wildman–Crippen MR) is 84.3 cm³/mol. The van der Waals surface area contributed by atoms with Crippen molar-refractivity contribution >= 4 is 5.91 Å². The normalized spacial score (nSPS) is 14.1. The van der Waals surface area contributed by atoms with Crippen LogP contribution in [-0.4, -0.2) is 11.9 Å². The molecule has 2 heteroatoms. The Kier molecular flexibility index (Phi) is 12.2. The van der Waals surface area contributed by atoms with E-state index in [1.54, 1.807) is 0 Å². The van der Waals surface area contributed by atoms with Crippen molar-refractivity contribution in [2.75, 3.05) is 0 Å². The molecule has 1 amide bonds. The van der Waals surface area contributed by atoms with E-state index in [-0.39, 0.29) is 5.92 Å². The number of unbranched alkanes of at least 4 members (excludes halogenated alkanes) is 2. The molecule has 114 valence electrons. The van der Waals surface area contributed by atoms with Gasteiger partial charge in [0.2, 0.25) is 5.91 Å². The van der Waals surface area contributed by atoms with Crippen LogP contribution in [0.4, 0.5) is 0 Å². The van der Waals surface area contributed by atoms with Crippen LogP contribution in [-0.2, 0) is 4.79 Å². The highest BCUT2D eigenvalue weighted by molar-refractivity contribution is 5.78. The molecule has 19 heavy (non-hydrogen) atoms. The van der Waals surface area contributed by atoms with Gasteiger partial charge in [0.15, 0.2) is 0 Å². The number of hydrogen-bond donors (Lipinski definition) is 1. The van der Waals surface area contributed by atoms with E-state index in [1.165, 1.54) is 25.7 Å². The maximum Gasteiger partial charge on any atom is 0.223 e. The Labute approximate surface area is 120 Å². The number of carbonyl (C=O) groups is 1. The number of hydrogen-bond acceptors (Lipinski definition) is 1. The molecule has 2 unspecified atom stereocenters. The zero-order valence-electron chi connectivity index (χ0n) is 13.6. The van der Waals surface area contributed by atoms with Crippen LogP contribution in [0.5, 0.6) is 0 Å². The van der Waals surface area contributed by atoms with Crippen LogP contribution in [0.25, 0.3) is 0 Å². The first-order chi connectivity index (χ1) is 9.19. The molecule has 0 spiro atoms. The second-order valence-corrected chi connectivity index (χ2v) is 5.76. The smallest absolute Gasteiger partial charge is 0.223 e. The van der Waals surface area contributed by atoms with Crippen LogP contribution in [0.15, 0.2) is 0 Å². The maximum absolute atomic E-state index is 12.4. The summed E-state index contributed by atoms with van der Waals surface area (Å²) >= 11 is 0. The first-order valence-corrected chi connectivity index (χ1v) is 8.49. The highest BCUT2D eigenvalue weighted by Crippen LogP contribution is 2.16. The van der Waals surface area contributed by atoms with E-state index in [0.717, 1.165) is 38.5 Å². The van der Waals surface area contributed by atoms with Crippen molar-refractivity contribution in [3.05, 3.63) is 0 Å². The third kappa shape index (κ3) is 9.07. The Balaban J connectivity index is 4.28. The molecule has 0 heterocycles. The van der Waals surface area contributed by atoms with Gasteiger partial charge in [0.05, 0.1) is 0 Å². The second-order valence-electron chi connectivity index (χ2n) is 5.76. The van der Waals surface area contributed by atoms with Gasteiger partial charge < -0.3 is 5.32 Å². The Hall–Kier alpha value is -0.530. The van der Waals surface area contributed by atoms with E-state index in [0.29, 0.717) is 11.9 Å². The van der Waals surface area contributed by atoms with E-state index < -0.39 is 0 Å². The van der Waals surface area contributed by atoms with E-state index >= 15 is 0 Å². The minimum absolute atomic E-state index is 0.242. The number of nitrogens with one attached hydrogen (secondary N) is 1. The fourth-order valence-electron chi connectivity index (χ4n) is 2.61. The van der Waals surface area contributed by atoms with Gasteiger partial charge in [-0.3, -0.25) is 4.79 Å². The standard InChI is InChI=1S/C17H35NO/c1-5-9-13-15(11-7-3)17(19)18-16(12-8-4)14-10-6-2/h15-16H,5-14H2,1-4H3,(H,18,19). The largest absolute Gasteiger partial charge is 0.353 e. The molecule has 0 bridgehead atoms. The molecule has 0 saturated heterocycles. The molecule has 0 aliphatic rings. The first-order valence-electron chi connectivity index (χ1n) is 8.49. The summed E-state index contributed by atoms with van der Waals surface area (Å²) < 4.78 is 0. The highest BCUT2D eigenvalue weighted by Gasteiger charge is 2.19. The van der Waals surface area contributed by atoms with E-state index in [9.17, 15) is 4.79 Å². The second kappa shape index (κ2) is 12.5. The van der Waals surface area contributed by atoms with Crippen molar-refractivity contribution in [3.63, 3.8) is 0 Å². The third-order valence-corrected chi connectivity index (χ3v) is 3.80. The number of amides is 1. The fraction of sp³-hybridized carbons (Fsp3) is 0.941. The van der Waals surface area contributed by atoms with Gasteiger partial charge in [-0.2, -0.15) is 0 Å². The monoisotopic (exact) mass is 269 g/mol. The lowest BCUT2D eigenvalue weighted by atomic mass is 9.95. The summed E-state index contributed by atoms with van der Waals surface area (Å²) in [4.78, 5) is 12.4. The Morgan fingerprint density at radius 2 is 1.37 bits per heavy atom. The molecule has 2 nitrogen and oxygen atoms in total. The summed E-state index contributed by atoms with van der Waals surface area (Å²) in [5.74, 6) is 0.552. The Bertz CT molecular complexity index is 215. The zero-order chi connectivity index (χ0) is 14.5. The van der Waals surface area contributed by atoms with Gasteiger partial charge in [-0.1, -0.05) is 66.2 Å². The van der Waals surface area contributed by atoms with Crippen LogP contribution < -0.4 is 5.32 Å². The van der Waals surface area contributed by atoms with Crippen LogP contribution >= 0.6 is 0 Å². The number of rotatable bonds is 12. The predicted octanol–water partition coefficient (Wildman–Crippen LogP) is 5.07. The van der Waals surface area contributed by atoms with Crippen molar-refractivity contribution in [1.29, 1.82) is 0 Å². The molecule has 0 fully saturated rings. The summed E-state index contributed by atoms with van der Waals surface area (Å²) in [6, 6.07) is 0.401. The van der Waals surface area contributed by atoms with Gasteiger partial charge in [-0.05, 0) is 25.7 Å². The van der Waals surface area contributed by atoms with Crippen molar-refractivity contribution in [2.24, 2.45) is 5.92 Å². The maximum atomic E-state index is 12.4. The lowest BCUT2D eigenvalue weighted by Gasteiger charge is -2.22.